The molecule has 2 heterocycles. The zero-order valence-corrected chi connectivity index (χ0v) is 11.6. The van der Waals surface area contributed by atoms with E-state index in [2.05, 4.69) is 22.2 Å². The number of carbonyl (C=O) groups is 1. The van der Waals surface area contributed by atoms with E-state index in [0.29, 0.717) is 12.6 Å². The van der Waals surface area contributed by atoms with E-state index in [9.17, 15) is 4.79 Å². The SMILES string of the molecule is C[C@H](CNC(=O)[C@@H](C)n1cccn1)N1CCOCC1. The van der Waals surface area contributed by atoms with Crippen molar-refractivity contribution in [2.75, 3.05) is 32.8 Å². The molecular formula is C13H22N4O2. The summed E-state index contributed by atoms with van der Waals surface area (Å²) in [5.74, 6) is 0.00353. The first kappa shape index (κ1) is 14.0. The highest BCUT2D eigenvalue weighted by molar-refractivity contribution is 5.79. The Bertz CT molecular complexity index is 387. The Morgan fingerprint density at radius 3 is 2.79 bits per heavy atom. The van der Waals surface area contributed by atoms with Gasteiger partial charge in [-0.1, -0.05) is 0 Å². The van der Waals surface area contributed by atoms with Gasteiger partial charge in [0.15, 0.2) is 0 Å². The molecule has 6 nitrogen and oxygen atoms in total. The number of hydrogen-bond acceptors (Lipinski definition) is 4. The molecule has 0 spiro atoms. The standard InChI is InChI=1S/C13H22N4O2/c1-11(16-6-8-19-9-7-16)10-14-13(18)12(2)17-5-3-4-15-17/h3-5,11-12H,6-10H2,1-2H3,(H,14,18)/t11-,12-/m1/s1. The smallest absolute Gasteiger partial charge is 0.244 e. The van der Waals surface area contributed by atoms with Crippen LogP contribution in [0.3, 0.4) is 0 Å². The summed E-state index contributed by atoms with van der Waals surface area (Å²) >= 11 is 0. The molecular weight excluding hydrogens is 244 g/mol. The molecule has 0 aromatic carbocycles. The highest BCUT2D eigenvalue weighted by Gasteiger charge is 2.19. The maximum atomic E-state index is 12.0. The fourth-order valence-corrected chi connectivity index (χ4v) is 2.17. The Kier molecular flexibility index (Phi) is 4.93. The second-order valence-electron chi connectivity index (χ2n) is 4.90. The van der Waals surface area contributed by atoms with Crippen LogP contribution in [0, 0.1) is 0 Å². The van der Waals surface area contributed by atoms with Crippen LogP contribution in [0.5, 0.6) is 0 Å². The van der Waals surface area contributed by atoms with E-state index in [1.54, 1.807) is 17.1 Å². The highest BCUT2D eigenvalue weighted by Crippen LogP contribution is 2.05. The lowest BCUT2D eigenvalue weighted by atomic mass is 10.2. The van der Waals surface area contributed by atoms with Gasteiger partial charge >= 0.3 is 0 Å². The van der Waals surface area contributed by atoms with Crippen molar-refractivity contribution in [3.63, 3.8) is 0 Å². The summed E-state index contributed by atoms with van der Waals surface area (Å²) in [4.78, 5) is 14.3. The van der Waals surface area contributed by atoms with Crippen molar-refractivity contribution in [1.29, 1.82) is 0 Å². The zero-order valence-electron chi connectivity index (χ0n) is 11.6. The molecule has 106 valence electrons. The lowest BCUT2D eigenvalue weighted by Gasteiger charge is -2.32. The number of ether oxygens (including phenoxy) is 1. The molecule has 2 atom stereocenters. The van der Waals surface area contributed by atoms with Gasteiger partial charge in [-0.15, -0.1) is 0 Å². The molecule has 0 saturated carbocycles. The molecule has 0 aliphatic carbocycles. The number of nitrogens with zero attached hydrogens (tertiary/aromatic N) is 3. The molecule has 19 heavy (non-hydrogen) atoms. The van der Waals surface area contributed by atoms with Gasteiger partial charge in [0, 0.05) is 38.1 Å². The van der Waals surface area contributed by atoms with E-state index in [-0.39, 0.29) is 11.9 Å². The van der Waals surface area contributed by atoms with Crippen LogP contribution in [0.4, 0.5) is 0 Å². The van der Waals surface area contributed by atoms with Crippen LogP contribution in [0.1, 0.15) is 19.9 Å². The maximum absolute atomic E-state index is 12.0. The van der Waals surface area contributed by atoms with Gasteiger partial charge in [-0.3, -0.25) is 14.4 Å². The summed E-state index contributed by atoms with van der Waals surface area (Å²) in [6, 6.07) is 1.88. The molecule has 2 rings (SSSR count). The minimum Gasteiger partial charge on any atom is -0.379 e. The van der Waals surface area contributed by atoms with E-state index < -0.39 is 0 Å². The number of amides is 1. The van der Waals surface area contributed by atoms with Gasteiger partial charge in [0.2, 0.25) is 5.91 Å². The summed E-state index contributed by atoms with van der Waals surface area (Å²) in [5, 5.41) is 7.07. The number of rotatable bonds is 5. The Morgan fingerprint density at radius 2 is 2.16 bits per heavy atom. The summed E-state index contributed by atoms with van der Waals surface area (Å²) in [5.41, 5.74) is 0. The molecule has 1 aliphatic rings. The normalized spacial score (nSPS) is 19.9. The zero-order chi connectivity index (χ0) is 13.7. The van der Waals surface area contributed by atoms with Crippen molar-refractivity contribution in [2.45, 2.75) is 25.9 Å². The highest BCUT2D eigenvalue weighted by atomic mass is 16.5. The van der Waals surface area contributed by atoms with Gasteiger partial charge in [-0.2, -0.15) is 5.10 Å². The Labute approximate surface area is 113 Å². The minimum atomic E-state index is -0.271. The summed E-state index contributed by atoms with van der Waals surface area (Å²) in [6.45, 7) is 8.07. The van der Waals surface area contributed by atoms with Crippen molar-refractivity contribution in [1.82, 2.24) is 20.0 Å². The van der Waals surface area contributed by atoms with Crippen molar-refractivity contribution < 1.29 is 9.53 Å². The van der Waals surface area contributed by atoms with Crippen LogP contribution >= 0.6 is 0 Å². The first-order valence-electron chi connectivity index (χ1n) is 6.77. The van der Waals surface area contributed by atoms with Gasteiger partial charge in [0.1, 0.15) is 6.04 Å². The lowest BCUT2D eigenvalue weighted by Crippen LogP contribution is -2.48. The Hall–Kier alpha value is -1.40. The van der Waals surface area contributed by atoms with Crippen LogP contribution in [0.25, 0.3) is 0 Å². The number of nitrogens with one attached hydrogen (secondary N) is 1. The van der Waals surface area contributed by atoms with Gasteiger partial charge in [-0.05, 0) is 19.9 Å². The van der Waals surface area contributed by atoms with Crippen molar-refractivity contribution in [3.8, 4) is 0 Å². The molecule has 0 bridgehead atoms. The molecule has 1 amide bonds. The molecule has 0 radical (unpaired) electrons. The molecule has 1 aromatic heterocycles. The summed E-state index contributed by atoms with van der Waals surface area (Å²) in [7, 11) is 0. The monoisotopic (exact) mass is 266 g/mol. The quantitative estimate of drug-likeness (QED) is 0.831. The van der Waals surface area contributed by atoms with E-state index in [0.717, 1.165) is 26.3 Å². The summed E-state index contributed by atoms with van der Waals surface area (Å²) < 4.78 is 6.98. The first-order valence-corrected chi connectivity index (χ1v) is 6.77. The first-order chi connectivity index (χ1) is 9.18. The van der Waals surface area contributed by atoms with Crippen molar-refractivity contribution >= 4 is 5.91 Å². The lowest BCUT2D eigenvalue weighted by molar-refractivity contribution is -0.124. The molecule has 0 unspecified atom stereocenters. The molecule has 1 aromatic rings. The van der Waals surface area contributed by atoms with Crippen LogP contribution < -0.4 is 5.32 Å². The second-order valence-corrected chi connectivity index (χ2v) is 4.90. The topological polar surface area (TPSA) is 59.4 Å². The fraction of sp³-hybridized carbons (Fsp3) is 0.692. The van der Waals surface area contributed by atoms with E-state index in [1.807, 2.05) is 13.0 Å². The van der Waals surface area contributed by atoms with Crippen molar-refractivity contribution in [3.05, 3.63) is 18.5 Å². The van der Waals surface area contributed by atoms with E-state index in [1.165, 1.54) is 0 Å². The second kappa shape index (κ2) is 6.68. The fourth-order valence-electron chi connectivity index (χ4n) is 2.17. The minimum absolute atomic E-state index is 0.00353. The van der Waals surface area contributed by atoms with Gasteiger partial charge in [-0.25, -0.2) is 0 Å². The number of carbonyl (C=O) groups excluding carboxylic acids is 1. The predicted molar refractivity (Wildman–Crippen MR) is 71.8 cm³/mol. The maximum Gasteiger partial charge on any atom is 0.244 e. The Balaban J connectivity index is 1.76. The van der Waals surface area contributed by atoms with Gasteiger partial charge in [0.25, 0.3) is 0 Å². The summed E-state index contributed by atoms with van der Waals surface area (Å²) in [6.07, 6.45) is 3.48. The Morgan fingerprint density at radius 1 is 1.42 bits per heavy atom. The molecule has 1 fully saturated rings. The van der Waals surface area contributed by atoms with E-state index in [4.69, 9.17) is 4.74 Å². The average Bonchev–Trinajstić information content (AvgIpc) is 2.98. The number of aromatic nitrogens is 2. The molecule has 1 aliphatic heterocycles. The van der Waals surface area contributed by atoms with Gasteiger partial charge < -0.3 is 10.1 Å². The molecule has 6 heteroatoms. The third-order valence-electron chi connectivity index (χ3n) is 3.54. The average molecular weight is 266 g/mol. The third kappa shape index (κ3) is 3.78. The van der Waals surface area contributed by atoms with Crippen LogP contribution in [-0.4, -0.2) is 59.5 Å². The molecule has 1 saturated heterocycles. The van der Waals surface area contributed by atoms with Gasteiger partial charge in [0.05, 0.1) is 13.2 Å². The largest absolute Gasteiger partial charge is 0.379 e. The number of morpholine rings is 1. The third-order valence-corrected chi connectivity index (χ3v) is 3.54. The number of hydrogen-bond donors (Lipinski definition) is 1. The molecule has 1 N–H and O–H groups in total. The van der Waals surface area contributed by atoms with Crippen LogP contribution in [0.15, 0.2) is 18.5 Å². The van der Waals surface area contributed by atoms with Crippen LogP contribution in [0.2, 0.25) is 0 Å². The predicted octanol–water partition coefficient (Wildman–Crippen LogP) is 0.281. The van der Waals surface area contributed by atoms with Crippen LogP contribution in [-0.2, 0) is 9.53 Å². The van der Waals surface area contributed by atoms with E-state index >= 15 is 0 Å². The van der Waals surface area contributed by atoms with Crippen molar-refractivity contribution in [2.24, 2.45) is 0 Å².